The molecule has 0 aliphatic heterocycles. The first-order chi connectivity index (χ1) is 8.24. The maximum Gasteiger partial charge on any atom is 0.119 e. The van der Waals surface area contributed by atoms with Gasteiger partial charge in [-0.1, -0.05) is 18.2 Å². The monoisotopic (exact) mass is 312 g/mol. The summed E-state index contributed by atoms with van der Waals surface area (Å²) in [5.41, 5.74) is 0. The first-order valence-electron chi connectivity index (χ1n) is 5.34. The SMILES string of the molecule is OC(COc1ccccc1)Cc1ccc(Br)s1. The lowest BCUT2D eigenvalue weighted by atomic mass is 10.2. The van der Waals surface area contributed by atoms with E-state index in [0.29, 0.717) is 13.0 Å². The van der Waals surface area contributed by atoms with Crippen molar-refractivity contribution in [2.75, 3.05) is 6.61 Å². The Morgan fingerprint density at radius 1 is 1.18 bits per heavy atom. The molecule has 1 aromatic carbocycles. The van der Waals surface area contributed by atoms with Crippen LogP contribution < -0.4 is 4.74 Å². The van der Waals surface area contributed by atoms with Crippen molar-refractivity contribution in [3.8, 4) is 5.75 Å². The molecule has 1 N–H and O–H groups in total. The van der Waals surface area contributed by atoms with Gasteiger partial charge in [-0.15, -0.1) is 11.3 Å². The third-order valence-electron chi connectivity index (χ3n) is 2.25. The average Bonchev–Trinajstić information content (AvgIpc) is 2.73. The van der Waals surface area contributed by atoms with Crippen LogP contribution in [0.3, 0.4) is 0 Å². The van der Waals surface area contributed by atoms with Crippen molar-refractivity contribution >= 4 is 27.3 Å². The van der Waals surface area contributed by atoms with Crippen LogP contribution in [0.1, 0.15) is 4.88 Å². The number of aliphatic hydroxyl groups is 1. The Balaban J connectivity index is 1.80. The number of halogens is 1. The molecule has 0 aliphatic carbocycles. The van der Waals surface area contributed by atoms with Crippen LogP contribution in [0.2, 0.25) is 0 Å². The van der Waals surface area contributed by atoms with Crippen LogP contribution in [0.25, 0.3) is 0 Å². The molecule has 0 amide bonds. The molecule has 0 spiro atoms. The first-order valence-corrected chi connectivity index (χ1v) is 6.95. The topological polar surface area (TPSA) is 29.5 Å². The molecular formula is C13H13BrO2S. The van der Waals surface area contributed by atoms with Gasteiger partial charge in [-0.05, 0) is 40.2 Å². The lowest BCUT2D eigenvalue weighted by Gasteiger charge is -2.11. The molecule has 0 radical (unpaired) electrons. The molecule has 2 nitrogen and oxygen atoms in total. The van der Waals surface area contributed by atoms with E-state index in [-0.39, 0.29) is 0 Å². The molecule has 1 unspecified atom stereocenters. The summed E-state index contributed by atoms with van der Waals surface area (Å²) in [6.45, 7) is 0.319. The Morgan fingerprint density at radius 2 is 1.94 bits per heavy atom. The van der Waals surface area contributed by atoms with Crippen molar-refractivity contribution in [3.05, 3.63) is 51.1 Å². The van der Waals surface area contributed by atoms with Gasteiger partial charge in [0.05, 0.1) is 9.89 Å². The second-order valence-electron chi connectivity index (χ2n) is 3.69. The van der Waals surface area contributed by atoms with Gasteiger partial charge in [-0.3, -0.25) is 0 Å². The minimum Gasteiger partial charge on any atom is -0.491 e. The highest BCUT2D eigenvalue weighted by Crippen LogP contribution is 2.23. The summed E-state index contributed by atoms with van der Waals surface area (Å²) in [7, 11) is 0. The van der Waals surface area contributed by atoms with Crippen molar-refractivity contribution in [1.82, 2.24) is 0 Å². The highest BCUT2D eigenvalue weighted by atomic mass is 79.9. The van der Waals surface area contributed by atoms with Crippen LogP contribution in [0.4, 0.5) is 0 Å². The van der Waals surface area contributed by atoms with E-state index >= 15 is 0 Å². The van der Waals surface area contributed by atoms with Crippen molar-refractivity contribution in [1.29, 1.82) is 0 Å². The molecule has 0 fully saturated rings. The van der Waals surface area contributed by atoms with E-state index in [1.165, 1.54) is 0 Å². The molecule has 1 atom stereocenters. The van der Waals surface area contributed by atoms with E-state index in [0.717, 1.165) is 14.4 Å². The first kappa shape index (κ1) is 12.6. The van der Waals surface area contributed by atoms with Gasteiger partial charge in [0.25, 0.3) is 0 Å². The number of para-hydroxylation sites is 1. The molecule has 90 valence electrons. The number of hydrogen-bond acceptors (Lipinski definition) is 3. The Morgan fingerprint density at radius 3 is 2.59 bits per heavy atom. The average molecular weight is 313 g/mol. The molecule has 2 aromatic rings. The summed E-state index contributed by atoms with van der Waals surface area (Å²) < 4.78 is 6.58. The number of benzene rings is 1. The number of thiophene rings is 1. The fourth-order valence-electron chi connectivity index (χ4n) is 1.46. The summed E-state index contributed by atoms with van der Waals surface area (Å²) in [5, 5.41) is 9.84. The smallest absolute Gasteiger partial charge is 0.119 e. The molecule has 0 bridgehead atoms. The van der Waals surface area contributed by atoms with Gasteiger partial charge < -0.3 is 9.84 Å². The summed E-state index contributed by atoms with van der Waals surface area (Å²) in [4.78, 5) is 1.15. The molecule has 1 aromatic heterocycles. The Kier molecular flexibility index (Phi) is 4.59. The van der Waals surface area contributed by atoms with Gasteiger partial charge >= 0.3 is 0 Å². The number of rotatable bonds is 5. The fraction of sp³-hybridized carbons (Fsp3) is 0.231. The normalized spacial score (nSPS) is 12.4. The van der Waals surface area contributed by atoms with Gasteiger partial charge in [-0.2, -0.15) is 0 Å². The quantitative estimate of drug-likeness (QED) is 0.915. The molecule has 4 heteroatoms. The molecule has 0 saturated carbocycles. The van der Waals surface area contributed by atoms with Crippen molar-refractivity contribution in [2.24, 2.45) is 0 Å². The zero-order valence-electron chi connectivity index (χ0n) is 9.17. The van der Waals surface area contributed by atoms with Crippen LogP contribution in [0, 0.1) is 0 Å². The number of hydrogen-bond donors (Lipinski definition) is 1. The highest BCUT2D eigenvalue weighted by molar-refractivity contribution is 9.11. The third-order valence-corrected chi connectivity index (χ3v) is 3.90. The number of aliphatic hydroxyl groups excluding tert-OH is 1. The lowest BCUT2D eigenvalue weighted by molar-refractivity contribution is 0.108. The Bertz CT molecular complexity index is 455. The molecule has 0 saturated heterocycles. The molecule has 1 heterocycles. The standard InChI is InChI=1S/C13H13BrO2S/c14-13-7-6-12(17-13)8-10(15)9-16-11-4-2-1-3-5-11/h1-7,10,15H,8-9H2. The summed E-state index contributed by atoms with van der Waals surface area (Å²) in [6.07, 6.45) is 0.157. The minimum atomic E-state index is -0.472. The van der Waals surface area contributed by atoms with Crippen LogP contribution in [0.5, 0.6) is 5.75 Å². The second-order valence-corrected chi connectivity index (χ2v) is 6.24. The Hall–Kier alpha value is -0.840. The van der Waals surface area contributed by atoms with Gasteiger partial charge in [0.15, 0.2) is 0 Å². The van der Waals surface area contributed by atoms with E-state index in [2.05, 4.69) is 15.9 Å². The third kappa shape index (κ3) is 4.15. The maximum atomic E-state index is 9.84. The van der Waals surface area contributed by atoms with Gasteiger partial charge in [-0.25, -0.2) is 0 Å². The van der Waals surface area contributed by atoms with Gasteiger partial charge in [0, 0.05) is 11.3 Å². The van der Waals surface area contributed by atoms with Crippen LogP contribution in [-0.4, -0.2) is 17.8 Å². The van der Waals surface area contributed by atoms with Gasteiger partial charge in [0.1, 0.15) is 12.4 Å². The Labute approximate surface area is 113 Å². The second kappa shape index (κ2) is 6.19. The predicted octanol–water partition coefficient (Wildman–Crippen LogP) is 3.49. The van der Waals surface area contributed by atoms with Crippen LogP contribution in [-0.2, 0) is 6.42 Å². The molecule has 17 heavy (non-hydrogen) atoms. The van der Waals surface area contributed by atoms with Crippen LogP contribution in [0.15, 0.2) is 46.3 Å². The van der Waals surface area contributed by atoms with Crippen molar-refractivity contribution in [3.63, 3.8) is 0 Å². The van der Waals surface area contributed by atoms with E-state index < -0.39 is 6.10 Å². The number of ether oxygens (including phenoxy) is 1. The predicted molar refractivity (Wildman–Crippen MR) is 73.7 cm³/mol. The van der Waals surface area contributed by atoms with E-state index in [9.17, 15) is 5.11 Å². The molecular weight excluding hydrogens is 300 g/mol. The van der Waals surface area contributed by atoms with E-state index in [1.807, 2.05) is 42.5 Å². The molecule has 2 rings (SSSR count). The van der Waals surface area contributed by atoms with Crippen molar-refractivity contribution in [2.45, 2.75) is 12.5 Å². The summed E-state index contributed by atoms with van der Waals surface area (Å²) in [5.74, 6) is 0.791. The van der Waals surface area contributed by atoms with Crippen LogP contribution >= 0.6 is 27.3 Å². The summed E-state index contributed by atoms with van der Waals surface area (Å²) in [6, 6.07) is 13.5. The van der Waals surface area contributed by atoms with E-state index in [1.54, 1.807) is 11.3 Å². The maximum absolute atomic E-state index is 9.84. The lowest BCUT2D eigenvalue weighted by Crippen LogP contribution is -2.19. The zero-order chi connectivity index (χ0) is 12.1. The zero-order valence-corrected chi connectivity index (χ0v) is 11.6. The van der Waals surface area contributed by atoms with Crippen molar-refractivity contribution < 1.29 is 9.84 Å². The highest BCUT2D eigenvalue weighted by Gasteiger charge is 2.08. The minimum absolute atomic E-state index is 0.319. The largest absolute Gasteiger partial charge is 0.491 e. The van der Waals surface area contributed by atoms with Gasteiger partial charge in [0.2, 0.25) is 0 Å². The fourth-order valence-corrected chi connectivity index (χ4v) is 3.02. The summed E-state index contributed by atoms with van der Waals surface area (Å²) >= 11 is 5.04. The van der Waals surface area contributed by atoms with E-state index in [4.69, 9.17) is 4.74 Å². The molecule has 0 aliphatic rings.